The first kappa shape index (κ1) is 30.1. The minimum Gasteiger partial charge on any atom is -0.490 e. The zero-order valence-electron chi connectivity index (χ0n) is 25.1. The van der Waals surface area contributed by atoms with Crippen LogP contribution in [0.5, 0.6) is 11.5 Å². The number of piperidine rings is 1. The molecule has 3 heterocycles. The number of likely N-dealkylation sites (tertiary alicyclic amines) is 1. The number of nitrogens with zero attached hydrogens (tertiary/aromatic N) is 3. The Hall–Kier alpha value is -3.98. The van der Waals surface area contributed by atoms with Gasteiger partial charge in [0, 0.05) is 51.3 Å². The molecule has 8 heteroatoms. The summed E-state index contributed by atoms with van der Waals surface area (Å²) in [6.07, 6.45) is 6.33. The van der Waals surface area contributed by atoms with Gasteiger partial charge >= 0.3 is 0 Å². The molecule has 1 atom stereocenters. The zero-order chi connectivity index (χ0) is 30.1. The molecule has 0 unspecified atom stereocenters. The number of carbonyl (C=O) groups excluding carboxylic acids is 1. The number of hydrogen-bond donors (Lipinski definition) is 1. The number of ether oxygens (including phenoxy) is 2. The molecule has 1 fully saturated rings. The van der Waals surface area contributed by atoms with Crippen molar-refractivity contribution in [3.05, 3.63) is 113 Å². The first-order valence-corrected chi connectivity index (χ1v) is 15.7. The molecule has 8 nitrogen and oxygen atoms in total. The van der Waals surface area contributed by atoms with E-state index in [1.807, 2.05) is 30.3 Å². The number of β-amino-alcohol motifs (C(OH)–C–C–N with tert-alkyl or cyclic N) is 1. The van der Waals surface area contributed by atoms with Gasteiger partial charge in [0.25, 0.3) is 0 Å². The molecular formula is C36H41N3O5. The van der Waals surface area contributed by atoms with Gasteiger partial charge in [-0.05, 0) is 78.8 Å². The van der Waals surface area contributed by atoms with E-state index in [1.54, 1.807) is 6.20 Å². The van der Waals surface area contributed by atoms with Crippen molar-refractivity contribution < 1.29 is 23.8 Å². The average Bonchev–Trinajstić information content (AvgIpc) is 3.58. The molecule has 1 N–H and O–H groups in total. The summed E-state index contributed by atoms with van der Waals surface area (Å²) in [5.74, 6) is 2.36. The predicted molar refractivity (Wildman–Crippen MR) is 168 cm³/mol. The number of aromatic nitrogens is 1. The summed E-state index contributed by atoms with van der Waals surface area (Å²) >= 11 is 0. The maximum atomic E-state index is 12.9. The highest BCUT2D eigenvalue weighted by atomic mass is 16.5. The van der Waals surface area contributed by atoms with Crippen LogP contribution in [0, 0.1) is 0 Å². The van der Waals surface area contributed by atoms with Gasteiger partial charge in [-0.2, -0.15) is 0 Å². The third-order valence-electron chi connectivity index (χ3n) is 8.57. The van der Waals surface area contributed by atoms with Gasteiger partial charge in [-0.3, -0.25) is 14.6 Å². The highest BCUT2D eigenvalue weighted by molar-refractivity contribution is 5.96. The van der Waals surface area contributed by atoms with Gasteiger partial charge in [-0.15, -0.1) is 0 Å². The van der Waals surface area contributed by atoms with Crippen LogP contribution in [0.3, 0.4) is 0 Å². The van der Waals surface area contributed by atoms with Crippen molar-refractivity contribution in [2.45, 2.75) is 64.0 Å². The molecule has 2 aliphatic rings. The summed E-state index contributed by atoms with van der Waals surface area (Å²) in [5, 5.41) is 10.7. The Labute approximate surface area is 259 Å². The Balaban J connectivity index is 0.895. The van der Waals surface area contributed by atoms with E-state index >= 15 is 0 Å². The van der Waals surface area contributed by atoms with E-state index in [0.29, 0.717) is 37.3 Å². The topological polar surface area (TPSA) is 88.3 Å². The fourth-order valence-corrected chi connectivity index (χ4v) is 6.07. The van der Waals surface area contributed by atoms with Crippen LogP contribution in [-0.4, -0.2) is 64.1 Å². The monoisotopic (exact) mass is 595 g/mol. The van der Waals surface area contributed by atoms with Crippen molar-refractivity contribution in [1.29, 1.82) is 0 Å². The summed E-state index contributed by atoms with van der Waals surface area (Å²) in [5.41, 5.74) is 4.52. The average molecular weight is 596 g/mol. The molecule has 0 radical (unpaired) electrons. The second-order valence-corrected chi connectivity index (χ2v) is 11.9. The Bertz CT molecular complexity index is 1470. The van der Waals surface area contributed by atoms with Crippen molar-refractivity contribution in [2.75, 3.05) is 26.2 Å². The Kier molecular flexibility index (Phi) is 10.0. The third kappa shape index (κ3) is 8.34. The quantitative estimate of drug-likeness (QED) is 0.198. The van der Waals surface area contributed by atoms with Crippen molar-refractivity contribution in [2.24, 2.45) is 0 Å². The van der Waals surface area contributed by atoms with Gasteiger partial charge in [-0.1, -0.05) is 36.4 Å². The summed E-state index contributed by atoms with van der Waals surface area (Å²) < 4.78 is 17.3. The number of hydrogen-bond acceptors (Lipinski definition) is 8. The van der Waals surface area contributed by atoms with Crippen molar-refractivity contribution in [3.63, 3.8) is 0 Å². The minimum absolute atomic E-state index is 0.0478. The molecule has 3 aromatic carbocycles. The molecule has 0 aliphatic carbocycles. The summed E-state index contributed by atoms with van der Waals surface area (Å²) in [6, 6.07) is 24.2. The summed E-state index contributed by atoms with van der Waals surface area (Å²) in [7, 11) is 0. The van der Waals surface area contributed by atoms with Crippen LogP contribution < -0.4 is 9.47 Å². The summed E-state index contributed by atoms with van der Waals surface area (Å²) in [4.78, 5) is 21.5. The lowest BCUT2D eigenvalue weighted by Crippen LogP contribution is -2.37. The van der Waals surface area contributed by atoms with Gasteiger partial charge in [0.05, 0.1) is 12.3 Å². The van der Waals surface area contributed by atoms with E-state index in [2.05, 4.69) is 57.2 Å². The fourth-order valence-electron chi connectivity index (χ4n) is 6.07. The van der Waals surface area contributed by atoms with Crippen LogP contribution in [-0.2, 0) is 26.1 Å². The van der Waals surface area contributed by atoms with E-state index in [-0.39, 0.29) is 11.9 Å². The maximum Gasteiger partial charge on any atom is 0.181 e. The normalized spacial score (nSPS) is 16.8. The second kappa shape index (κ2) is 14.7. The van der Waals surface area contributed by atoms with E-state index in [1.165, 1.54) is 23.1 Å². The Morgan fingerprint density at radius 1 is 0.955 bits per heavy atom. The number of carbonyl (C=O) groups is 1. The lowest BCUT2D eigenvalue weighted by Gasteiger charge is -2.32. The van der Waals surface area contributed by atoms with E-state index in [0.717, 1.165) is 63.5 Å². The largest absolute Gasteiger partial charge is 0.490 e. The number of aliphatic hydroxyl groups excluding tert-OH is 1. The predicted octanol–water partition coefficient (Wildman–Crippen LogP) is 5.68. The summed E-state index contributed by atoms with van der Waals surface area (Å²) in [6.45, 7) is 5.55. The zero-order valence-corrected chi connectivity index (χ0v) is 25.1. The van der Waals surface area contributed by atoms with Crippen molar-refractivity contribution >= 4 is 5.78 Å². The number of Topliss-reactive ketones (excluding diaryl/α,β-unsaturated/α-hetero) is 1. The molecule has 1 aromatic heterocycles. The van der Waals surface area contributed by atoms with E-state index in [9.17, 15) is 9.90 Å². The number of rotatable bonds is 13. The molecule has 2 aliphatic heterocycles. The lowest BCUT2D eigenvalue weighted by atomic mass is 9.98. The number of benzene rings is 3. The molecule has 0 saturated carbocycles. The van der Waals surface area contributed by atoms with E-state index in [4.69, 9.17) is 13.9 Å². The molecule has 4 aromatic rings. The van der Waals surface area contributed by atoms with Crippen LogP contribution in [0.1, 0.15) is 58.5 Å². The smallest absolute Gasteiger partial charge is 0.181 e. The number of ketones is 1. The van der Waals surface area contributed by atoms with Crippen molar-refractivity contribution in [1.82, 2.24) is 14.8 Å². The highest BCUT2D eigenvalue weighted by Crippen LogP contribution is 2.25. The molecule has 0 amide bonds. The highest BCUT2D eigenvalue weighted by Gasteiger charge is 2.22. The van der Waals surface area contributed by atoms with Gasteiger partial charge in [0.1, 0.15) is 24.2 Å². The van der Waals surface area contributed by atoms with Crippen LogP contribution in [0.2, 0.25) is 0 Å². The molecule has 230 valence electrons. The van der Waals surface area contributed by atoms with Crippen LogP contribution in [0.15, 0.2) is 89.8 Å². The molecule has 1 saturated heterocycles. The third-order valence-corrected chi connectivity index (χ3v) is 8.57. The van der Waals surface area contributed by atoms with Crippen LogP contribution >= 0.6 is 0 Å². The first-order chi connectivity index (χ1) is 21.6. The molecular weight excluding hydrogens is 554 g/mol. The van der Waals surface area contributed by atoms with Gasteiger partial charge in [0.2, 0.25) is 0 Å². The molecule has 6 rings (SSSR count). The number of oxazole rings is 1. The first-order valence-electron chi connectivity index (χ1n) is 15.7. The Morgan fingerprint density at radius 2 is 1.75 bits per heavy atom. The maximum absolute atomic E-state index is 12.9. The van der Waals surface area contributed by atoms with Gasteiger partial charge in [-0.25, -0.2) is 4.98 Å². The van der Waals surface area contributed by atoms with Crippen LogP contribution in [0.25, 0.3) is 0 Å². The van der Waals surface area contributed by atoms with E-state index < -0.39 is 6.10 Å². The van der Waals surface area contributed by atoms with Gasteiger partial charge in [0.15, 0.2) is 17.9 Å². The van der Waals surface area contributed by atoms with Gasteiger partial charge < -0.3 is 19.0 Å². The second-order valence-electron chi connectivity index (χ2n) is 11.9. The van der Waals surface area contributed by atoms with Crippen molar-refractivity contribution in [3.8, 4) is 11.5 Å². The molecule has 0 spiro atoms. The SMILES string of the molecule is O=C(CC[C@H](O)CN1CCc2cc(OCc3cnco3)ccc2C1)c1ccc(OC2CCN(Cc3ccccc3)CC2)cc1. The molecule has 0 bridgehead atoms. The number of fused-ring (bicyclic) bond motifs is 1. The lowest BCUT2D eigenvalue weighted by molar-refractivity contribution is 0.0836. The molecule has 44 heavy (non-hydrogen) atoms. The van der Waals surface area contributed by atoms with Crippen LogP contribution in [0.4, 0.5) is 0 Å². The minimum atomic E-state index is -0.555. The Morgan fingerprint density at radius 3 is 2.52 bits per heavy atom. The number of aliphatic hydroxyl groups is 1. The standard InChI is InChI=1S/C36H41N3O5/c40-31(24-39-17-14-29-20-34(12-8-30(29)23-39)42-25-35-21-37-26-43-35)9-13-36(41)28-6-10-32(11-7-28)44-33-15-18-38(19-16-33)22-27-4-2-1-3-5-27/h1-8,10-12,20-21,26,31,33,40H,9,13-19,22-25H2/t31-/m0/s1. The fraction of sp³-hybridized carbons (Fsp3) is 0.389.